The number of anilines is 1. The van der Waals surface area contributed by atoms with E-state index < -0.39 is 30.2 Å². The van der Waals surface area contributed by atoms with E-state index in [0.717, 1.165) is 5.56 Å². The Morgan fingerprint density at radius 1 is 1.09 bits per heavy atom. The van der Waals surface area contributed by atoms with E-state index in [9.17, 15) is 19.4 Å². The quantitative estimate of drug-likeness (QED) is 0.565. The van der Waals surface area contributed by atoms with Crippen molar-refractivity contribution in [3.63, 3.8) is 0 Å². The molecule has 0 aromatic heterocycles. The Morgan fingerprint density at radius 2 is 1.81 bits per heavy atom. The first-order valence-corrected chi connectivity index (χ1v) is 10.3. The Morgan fingerprint density at radius 3 is 2.47 bits per heavy atom. The van der Waals surface area contributed by atoms with Crippen molar-refractivity contribution in [2.75, 3.05) is 12.0 Å². The molecule has 32 heavy (non-hydrogen) atoms. The van der Waals surface area contributed by atoms with Crippen molar-refractivity contribution in [3.8, 4) is 11.5 Å². The Labute approximate surface area is 185 Å². The van der Waals surface area contributed by atoms with Crippen molar-refractivity contribution in [2.24, 2.45) is 0 Å². The topological polar surface area (TPSA) is 79.2 Å². The van der Waals surface area contributed by atoms with Crippen molar-refractivity contribution < 1.29 is 28.9 Å². The standard InChI is InChI=1S/C25H24FNO5/c1-31-19-12-13-20(22(29)15-19)23-24(21(28)14-7-16-5-3-2-4-6-16)32-25(30)27(23)18-10-8-17(26)9-11-18/h2-6,8-13,15,21,23-24,28-29H,7,14H2,1H3/t21-,23+,24?/m0/s1. The van der Waals surface area contributed by atoms with Crippen LogP contribution in [0.5, 0.6) is 11.5 Å². The Balaban J connectivity index is 1.68. The predicted octanol–water partition coefficient (Wildman–Crippen LogP) is 4.60. The van der Waals surface area contributed by atoms with Gasteiger partial charge in [0.05, 0.1) is 13.2 Å². The van der Waals surface area contributed by atoms with Crippen molar-refractivity contribution in [2.45, 2.75) is 31.1 Å². The van der Waals surface area contributed by atoms with Crippen LogP contribution in [0.15, 0.2) is 72.8 Å². The largest absolute Gasteiger partial charge is 0.507 e. The highest BCUT2D eigenvalue weighted by molar-refractivity contribution is 5.91. The molecule has 3 atom stereocenters. The van der Waals surface area contributed by atoms with Crippen molar-refractivity contribution in [1.82, 2.24) is 0 Å². The van der Waals surface area contributed by atoms with Crippen LogP contribution in [0.1, 0.15) is 23.6 Å². The van der Waals surface area contributed by atoms with E-state index in [1.165, 1.54) is 42.3 Å². The molecule has 1 aliphatic rings. The predicted molar refractivity (Wildman–Crippen MR) is 117 cm³/mol. The lowest BCUT2D eigenvalue weighted by molar-refractivity contribution is 0.0143. The van der Waals surface area contributed by atoms with Crippen molar-refractivity contribution in [3.05, 3.63) is 89.7 Å². The van der Waals surface area contributed by atoms with Crippen LogP contribution < -0.4 is 9.64 Å². The highest BCUT2D eigenvalue weighted by Gasteiger charge is 2.47. The number of hydrogen-bond donors (Lipinski definition) is 2. The first-order valence-electron chi connectivity index (χ1n) is 10.3. The molecule has 2 N–H and O–H groups in total. The van der Waals surface area contributed by atoms with Gasteiger partial charge in [-0.15, -0.1) is 0 Å². The van der Waals surface area contributed by atoms with Gasteiger partial charge in [0.1, 0.15) is 23.4 Å². The normalized spacial score (nSPS) is 19.0. The summed E-state index contributed by atoms with van der Waals surface area (Å²) in [6.07, 6.45) is -1.66. The number of aliphatic hydroxyl groups excluding tert-OH is 1. The molecular formula is C25H24FNO5. The SMILES string of the molecule is COc1ccc([C@@H]2C([C@@H](O)CCc3ccccc3)OC(=O)N2c2ccc(F)cc2)c(O)c1. The third-order valence-corrected chi connectivity index (χ3v) is 5.63. The third-order valence-electron chi connectivity index (χ3n) is 5.63. The van der Waals surface area contributed by atoms with Crippen LogP contribution in [-0.2, 0) is 11.2 Å². The van der Waals surface area contributed by atoms with Crippen LogP contribution in [0.4, 0.5) is 14.9 Å². The molecule has 0 bridgehead atoms. The number of amides is 1. The lowest BCUT2D eigenvalue weighted by Crippen LogP contribution is -2.35. The summed E-state index contributed by atoms with van der Waals surface area (Å²) in [5.41, 5.74) is 1.84. The maximum atomic E-state index is 13.5. The molecule has 1 saturated heterocycles. The number of phenols is 1. The van der Waals surface area contributed by atoms with Gasteiger partial charge in [-0.25, -0.2) is 9.18 Å². The van der Waals surface area contributed by atoms with E-state index >= 15 is 0 Å². The van der Waals surface area contributed by atoms with Gasteiger partial charge >= 0.3 is 6.09 Å². The Kier molecular flexibility index (Phi) is 6.28. The fraction of sp³-hybridized carbons (Fsp3) is 0.240. The molecule has 3 aromatic carbocycles. The van der Waals surface area contributed by atoms with E-state index in [1.807, 2.05) is 30.3 Å². The van der Waals surface area contributed by atoms with Gasteiger partial charge in [-0.1, -0.05) is 30.3 Å². The molecule has 1 fully saturated rings. The first-order chi connectivity index (χ1) is 15.5. The number of cyclic esters (lactones) is 1. The summed E-state index contributed by atoms with van der Waals surface area (Å²) in [5, 5.41) is 21.7. The highest BCUT2D eigenvalue weighted by atomic mass is 19.1. The summed E-state index contributed by atoms with van der Waals surface area (Å²) >= 11 is 0. The minimum absolute atomic E-state index is 0.0972. The summed E-state index contributed by atoms with van der Waals surface area (Å²) in [6.45, 7) is 0. The summed E-state index contributed by atoms with van der Waals surface area (Å²) in [7, 11) is 1.48. The average Bonchev–Trinajstić information content (AvgIpc) is 3.15. The molecule has 7 heteroatoms. The molecule has 6 nitrogen and oxygen atoms in total. The number of aryl methyl sites for hydroxylation is 1. The number of methoxy groups -OCH3 is 1. The molecule has 1 amide bonds. The van der Waals surface area contributed by atoms with Crippen LogP contribution in [0, 0.1) is 5.82 Å². The van der Waals surface area contributed by atoms with Gasteiger partial charge in [-0.05, 0) is 54.8 Å². The van der Waals surface area contributed by atoms with Crippen LogP contribution in [0.25, 0.3) is 0 Å². The molecule has 0 spiro atoms. The second-order valence-electron chi connectivity index (χ2n) is 7.66. The molecule has 3 aromatic rings. The number of rotatable bonds is 7. The first kappa shape index (κ1) is 21.6. The number of nitrogens with zero attached hydrogens (tertiary/aromatic N) is 1. The maximum Gasteiger partial charge on any atom is 0.415 e. The molecule has 0 aliphatic carbocycles. The second-order valence-corrected chi connectivity index (χ2v) is 7.66. The van der Waals surface area contributed by atoms with Crippen molar-refractivity contribution in [1.29, 1.82) is 0 Å². The molecule has 0 radical (unpaired) electrons. The lowest BCUT2D eigenvalue weighted by atomic mass is 9.93. The summed E-state index contributed by atoms with van der Waals surface area (Å²) < 4.78 is 24.2. The summed E-state index contributed by atoms with van der Waals surface area (Å²) in [4.78, 5) is 14.2. The smallest absolute Gasteiger partial charge is 0.415 e. The lowest BCUT2D eigenvalue weighted by Gasteiger charge is -2.28. The number of hydrogen-bond acceptors (Lipinski definition) is 5. The minimum atomic E-state index is -0.990. The van der Waals surface area contributed by atoms with Gasteiger partial charge in [0, 0.05) is 17.3 Å². The third kappa shape index (κ3) is 4.38. The zero-order chi connectivity index (χ0) is 22.7. The number of phenolic OH excluding ortho intramolecular Hbond substituents is 1. The fourth-order valence-corrected chi connectivity index (χ4v) is 3.99. The Bertz CT molecular complexity index is 1070. The van der Waals surface area contributed by atoms with E-state index in [1.54, 1.807) is 12.1 Å². The van der Waals surface area contributed by atoms with E-state index in [2.05, 4.69) is 0 Å². The number of halogens is 1. The summed E-state index contributed by atoms with van der Waals surface area (Å²) in [5.74, 6) is -0.0874. The van der Waals surface area contributed by atoms with Gasteiger partial charge in [0.25, 0.3) is 0 Å². The van der Waals surface area contributed by atoms with Gasteiger partial charge in [0.2, 0.25) is 0 Å². The average molecular weight is 437 g/mol. The number of carbonyl (C=O) groups is 1. The molecule has 166 valence electrons. The van der Waals surface area contributed by atoms with Crippen molar-refractivity contribution >= 4 is 11.8 Å². The van der Waals surface area contributed by atoms with Crippen LogP contribution in [0.3, 0.4) is 0 Å². The zero-order valence-corrected chi connectivity index (χ0v) is 17.5. The molecular weight excluding hydrogens is 413 g/mol. The van der Waals surface area contributed by atoms with Crippen LogP contribution in [0.2, 0.25) is 0 Å². The molecule has 4 rings (SSSR count). The molecule has 1 heterocycles. The number of ether oxygens (including phenoxy) is 2. The highest BCUT2D eigenvalue weighted by Crippen LogP contribution is 2.43. The maximum absolute atomic E-state index is 13.5. The van der Waals surface area contributed by atoms with Gasteiger partial charge in [-0.2, -0.15) is 0 Å². The fourth-order valence-electron chi connectivity index (χ4n) is 3.99. The van der Waals surface area contributed by atoms with E-state index in [4.69, 9.17) is 9.47 Å². The zero-order valence-electron chi connectivity index (χ0n) is 17.5. The number of carbonyl (C=O) groups excluding carboxylic acids is 1. The molecule has 1 aliphatic heterocycles. The number of benzene rings is 3. The van der Waals surface area contributed by atoms with Gasteiger partial charge < -0.3 is 19.7 Å². The second kappa shape index (κ2) is 9.28. The van der Waals surface area contributed by atoms with E-state index in [-0.39, 0.29) is 5.75 Å². The van der Waals surface area contributed by atoms with Crippen LogP contribution in [-0.4, -0.2) is 35.6 Å². The van der Waals surface area contributed by atoms with Gasteiger partial charge in [-0.3, -0.25) is 4.90 Å². The van der Waals surface area contributed by atoms with E-state index in [0.29, 0.717) is 29.8 Å². The monoisotopic (exact) mass is 437 g/mol. The Hall–Kier alpha value is -3.58. The number of aromatic hydroxyl groups is 1. The molecule has 1 unspecified atom stereocenters. The van der Waals surface area contributed by atoms with Gasteiger partial charge in [0.15, 0.2) is 6.10 Å². The molecule has 0 saturated carbocycles. The minimum Gasteiger partial charge on any atom is -0.507 e. The summed E-state index contributed by atoms with van der Waals surface area (Å²) in [6, 6.07) is 19.0. The number of aliphatic hydroxyl groups is 1. The van der Waals surface area contributed by atoms with Crippen LogP contribution >= 0.6 is 0 Å².